The van der Waals surface area contributed by atoms with Gasteiger partial charge in [-0.25, -0.2) is 9.07 Å². The number of carbonyl (C=O) groups is 1. The van der Waals surface area contributed by atoms with Crippen molar-refractivity contribution >= 4 is 28.5 Å². The molecule has 0 aliphatic rings. The number of tetrazole rings is 1. The number of benzene rings is 2. The Morgan fingerprint density at radius 2 is 1.89 bits per heavy atom. The summed E-state index contributed by atoms with van der Waals surface area (Å²) < 4.78 is 15.7. The van der Waals surface area contributed by atoms with Gasteiger partial charge in [-0.15, -0.1) is 5.10 Å². The Morgan fingerprint density at radius 1 is 1.19 bits per heavy atom. The van der Waals surface area contributed by atoms with Gasteiger partial charge in [-0.05, 0) is 62.7 Å². The van der Waals surface area contributed by atoms with Crippen LogP contribution >= 0.6 is 22.6 Å². The summed E-state index contributed by atoms with van der Waals surface area (Å²) in [6.07, 6.45) is 0. The van der Waals surface area contributed by atoms with E-state index < -0.39 is 0 Å². The van der Waals surface area contributed by atoms with Crippen molar-refractivity contribution < 1.29 is 9.18 Å². The first kappa shape index (κ1) is 19.4. The molecule has 3 aromatic rings. The number of nitrogens with one attached hydrogen (secondary N) is 1. The maximum atomic E-state index is 13.2. The van der Waals surface area contributed by atoms with Crippen LogP contribution in [-0.4, -0.2) is 26.1 Å². The first-order chi connectivity index (χ1) is 13.0. The molecule has 8 heteroatoms. The van der Waals surface area contributed by atoms with Crippen molar-refractivity contribution in [1.82, 2.24) is 25.5 Å². The number of halogens is 2. The minimum absolute atomic E-state index is 0.00226. The van der Waals surface area contributed by atoms with Gasteiger partial charge in [0, 0.05) is 9.13 Å². The standard InChI is InChI=1S/C19H19FIN5O/c1-12(2)18(13-7-9-14(20)10-8-13)22-17(27)11-26-19(23-24-25-26)15-5-3-4-6-16(15)21/h3-10,12,18H,11H2,1-2H3,(H,22,27)/t18-/m1/s1. The highest BCUT2D eigenvalue weighted by molar-refractivity contribution is 14.1. The van der Waals surface area contributed by atoms with Gasteiger partial charge in [0.15, 0.2) is 5.82 Å². The molecule has 0 spiro atoms. The van der Waals surface area contributed by atoms with Crippen molar-refractivity contribution in [3.05, 3.63) is 63.5 Å². The molecule has 3 rings (SSSR count). The van der Waals surface area contributed by atoms with E-state index in [0.717, 1.165) is 14.7 Å². The smallest absolute Gasteiger partial charge is 0.242 e. The predicted molar refractivity (Wildman–Crippen MR) is 108 cm³/mol. The minimum Gasteiger partial charge on any atom is -0.347 e. The summed E-state index contributed by atoms with van der Waals surface area (Å²) in [5.41, 5.74) is 1.73. The second kappa shape index (κ2) is 8.55. The van der Waals surface area contributed by atoms with Gasteiger partial charge >= 0.3 is 0 Å². The molecule has 140 valence electrons. The molecule has 0 saturated carbocycles. The molecule has 27 heavy (non-hydrogen) atoms. The highest BCUT2D eigenvalue weighted by atomic mass is 127. The number of nitrogens with zero attached hydrogens (tertiary/aromatic N) is 4. The van der Waals surface area contributed by atoms with Gasteiger partial charge in [-0.1, -0.05) is 44.2 Å². The molecule has 1 aromatic heterocycles. The minimum atomic E-state index is -0.302. The maximum absolute atomic E-state index is 13.2. The zero-order valence-electron chi connectivity index (χ0n) is 14.9. The van der Waals surface area contributed by atoms with E-state index in [1.165, 1.54) is 16.8 Å². The molecule has 1 atom stereocenters. The van der Waals surface area contributed by atoms with Crippen LogP contribution in [-0.2, 0) is 11.3 Å². The van der Waals surface area contributed by atoms with Gasteiger partial charge in [-0.3, -0.25) is 4.79 Å². The van der Waals surface area contributed by atoms with Gasteiger partial charge in [-0.2, -0.15) is 0 Å². The summed E-state index contributed by atoms with van der Waals surface area (Å²) >= 11 is 2.21. The first-order valence-corrected chi connectivity index (χ1v) is 9.59. The van der Waals surface area contributed by atoms with Crippen LogP contribution in [0, 0.1) is 15.3 Å². The molecule has 0 radical (unpaired) electrons. The van der Waals surface area contributed by atoms with Crippen LogP contribution in [0.1, 0.15) is 25.5 Å². The third-order valence-electron chi connectivity index (χ3n) is 4.15. The Bertz CT molecular complexity index is 926. The van der Waals surface area contributed by atoms with Crippen molar-refractivity contribution in [2.45, 2.75) is 26.4 Å². The van der Waals surface area contributed by atoms with Crippen LogP contribution in [0.5, 0.6) is 0 Å². The topological polar surface area (TPSA) is 72.7 Å². The van der Waals surface area contributed by atoms with Crippen LogP contribution in [0.25, 0.3) is 11.4 Å². The Hall–Kier alpha value is -2.36. The molecule has 0 aliphatic carbocycles. The third-order valence-corrected chi connectivity index (χ3v) is 5.09. The zero-order valence-corrected chi connectivity index (χ0v) is 17.1. The average molecular weight is 479 g/mol. The van der Waals surface area contributed by atoms with Crippen molar-refractivity contribution in [2.75, 3.05) is 0 Å². The lowest BCUT2D eigenvalue weighted by Crippen LogP contribution is -2.34. The Labute approximate surface area is 170 Å². The zero-order chi connectivity index (χ0) is 19.4. The number of hydrogen-bond donors (Lipinski definition) is 1. The molecule has 0 aliphatic heterocycles. The fourth-order valence-corrected chi connectivity index (χ4v) is 3.44. The van der Waals surface area contributed by atoms with Gasteiger partial charge in [0.1, 0.15) is 12.4 Å². The lowest BCUT2D eigenvalue weighted by Gasteiger charge is -2.23. The molecule has 0 bridgehead atoms. The van der Waals surface area contributed by atoms with Gasteiger partial charge < -0.3 is 5.32 Å². The van der Waals surface area contributed by atoms with E-state index in [2.05, 4.69) is 43.4 Å². The molecule has 0 fully saturated rings. The lowest BCUT2D eigenvalue weighted by molar-refractivity contribution is -0.122. The fraction of sp³-hybridized carbons (Fsp3) is 0.263. The normalized spacial score (nSPS) is 12.2. The third kappa shape index (κ3) is 4.68. The van der Waals surface area contributed by atoms with E-state index in [9.17, 15) is 9.18 Å². The van der Waals surface area contributed by atoms with Crippen LogP contribution < -0.4 is 5.32 Å². The summed E-state index contributed by atoms with van der Waals surface area (Å²) in [6.45, 7) is 4.00. The predicted octanol–water partition coefficient (Wildman–Crippen LogP) is 3.60. The van der Waals surface area contributed by atoms with E-state index in [-0.39, 0.29) is 30.2 Å². The monoisotopic (exact) mass is 479 g/mol. The van der Waals surface area contributed by atoms with E-state index in [1.54, 1.807) is 12.1 Å². The second-order valence-electron chi connectivity index (χ2n) is 6.48. The van der Waals surface area contributed by atoms with Crippen molar-refractivity contribution in [1.29, 1.82) is 0 Å². The molecular weight excluding hydrogens is 460 g/mol. The van der Waals surface area contributed by atoms with E-state index in [4.69, 9.17) is 0 Å². The van der Waals surface area contributed by atoms with Crippen LogP contribution in [0.3, 0.4) is 0 Å². The molecular formula is C19H19FIN5O. The number of hydrogen-bond acceptors (Lipinski definition) is 4. The summed E-state index contributed by atoms with van der Waals surface area (Å²) in [5.74, 6) is 0.168. The van der Waals surface area contributed by atoms with Crippen molar-refractivity contribution in [3.8, 4) is 11.4 Å². The van der Waals surface area contributed by atoms with Gasteiger partial charge in [0.25, 0.3) is 0 Å². The highest BCUT2D eigenvalue weighted by Crippen LogP contribution is 2.24. The van der Waals surface area contributed by atoms with Crippen LogP contribution in [0.2, 0.25) is 0 Å². The fourth-order valence-electron chi connectivity index (χ4n) is 2.81. The molecule has 0 unspecified atom stereocenters. The first-order valence-electron chi connectivity index (χ1n) is 8.51. The largest absolute Gasteiger partial charge is 0.347 e. The molecule has 2 aromatic carbocycles. The summed E-state index contributed by atoms with van der Waals surface area (Å²) in [4.78, 5) is 12.6. The summed E-state index contributed by atoms with van der Waals surface area (Å²) in [7, 11) is 0. The summed E-state index contributed by atoms with van der Waals surface area (Å²) in [5, 5.41) is 14.7. The van der Waals surface area contributed by atoms with Crippen molar-refractivity contribution in [2.24, 2.45) is 5.92 Å². The van der Waals surface area contributed by atoms with E-state index >= 15 is 0 Å². The molecule has 6 nitrogen and oxygen atoms in total. The number of rotatable bonds is 6. The Kier molecular flexibility index (Phi) is 6.15. The molecule has 0 saturated heterocycles. The lowest BCUT2D eigenvalue weighted by atomic mass is 9.96. The number of amides is 1. The second-order valence-corrected chi connectivity index (χ2v) is 7.64. The molecule has 1 amide bonds. The molecule has 1 heterocycles. The van der Waals surface area contributed by atoms with Crippen LogP contribution in [0.15, 0.2) is 48.5 Å². The number of aromatic nitrogens is 4. The average Bonchev–Trinajstić information content (AvgIpc) is 3.08. The Balaban J connectivity index is 1.77. The SMILES string of the molecule is CC(C)[C@@H](NC(=O)Cn1nnnc1-c1ccccc1I)c1ccc(F)cc1. The van der Waals surface area contributed by atoms with Crippen LogP contribution in [0.4, 0.5) is 4.39 Å². The molecule has 1 N–H and O–H groups in total. The van der Waals surface area contributed by atoms with Crippen molar-refractivity contribution in [3.63, 3.8) is 0 Å². The van der Waals surface area contributed by atoms with E-state index in [1.807, 2.05) is 38.1 Å². The highest BCUT2D eigenvalue weighted by Gasteiger charge is 2.20. The summed E-state index contributed by atoms with van der Waals surface area (Å²) in [6, 6.07) is 13.7. The Morgan fingerprint density at radius 3 is 2.56 bits per heavy atom. The maximum Gasteiger partial charge on any atom is 0.242 e. The quantitative estimate of drug-likeness (QED) is 0.549. The van der Waals surface area contributed by atoms with Gasteiger partial charge in [0.05, 0.1) is 6.04 Å². The van der Waals surface area contributed by atoms with Gasteiger partial charge in [0.2, 0.25) is 5.91 Å². The van der Waals surface area contributed by atoms with E-state index in [0.29, 0.717) is 5.82 Å². The number of carbonyl (C=O) groups excluding carboxylic acids is 1.